The van der Waals surface area contributed by atoms with Crippen molar-refractivity contribution in [2.75, 3.05) is 7.11 Å². The van der Waals surface area contributed by atoms with Crippen LogP contribution in [0.15, 0.2) is 24.3 Å². The van der Waals surface area contributed by atoms with Gasteiger partial charge in [0, 0.05) is 52.1 Å². The van der Waals surface area contributed by atoms with Crippen LogP contribution in [0.4, 0.5) is 0 Å². The monoisotopic (exact) mass is 483 g/mol. The molecule has 1 unspecified atom stereocenters. The van der Waals surface area contributed by atoms with Crippen LogP contribution in [0.2, 0.25) is 0 Å². The summed E-state index contributed by atoms with van der Waals surface area (Å²) in [5, 5.41) is 9.15. The van der Waals surface area contributed by atoms with Gasteiger partial charge in [0.15, 0.2) is 0 Å². The molecule has 0 aliphatic carbocycles. The number of rotatable bonds is 4. The molecule has 0 saturated carbocycles. The van der Waals surface area contributed by atoms with E-state index in [9.17, 15) is 4.79 Å². The summed E-state index contributed by atoms with van der Waals surface area (Å²) in [6, 6.07) is 6.48. The molecule has 0 fully saturated rings. The van der Waals surface area contributed by atoms with Crippen LogP contribution in [0.1, 0.15) is 5.56 Å². The number of benzene rings is 1. The molecular formula is C10H12ClI2NO3. The van der Waals surface area contributed by atoms with Crippen molar-refractivity contribution in [3.8, 4) is 5.75 Å². The fourth-order valence-electron chi connectivity index (χ4n) is 1.22. The molecule has 0 aliphatic heterocycles. The lowest BCUT2D eigenvalue weighted by molar-refractivity contribution is -0.143. The average Bonchev–Trinajstić information content (AvgIpc) is 2.27. The van der Waals surface area contributed by atoms with Gasteiger partial charge < -0.3 is 9.84 Å². The van der Waals surface area contributed by atoms with E-state index < -0.39 is 0 Å². The number of ether oxygens (including phenoxy) is 1. The van der Waals surface area contributed by atoms with E-state index in [0.717, 1.165) is 5.56 Å². The van der Waals surface area contributed by atoms with Crippen LogP contribution >= 0.6 is 58.1 Å². The SMILES string of the molecule is COC(=O)C(Cc1ccc(O)cc1)N(I)I.Cl. The summed E-state index contributed by atoms with van der Waals surface area (Å²) in [7, 11) is 1.38. The summed E-state index contributed by atoms with van der Waals surface area (Å²) in [4.78, 5) is 11.5. The molecule has 96 valence electrons. The van der Waals surface area contributed by atoms with Gasteiger partial charge in [0.2, 0.25) is 0 Å². The van der Waals surface area contributed by atoms with Gasteiger partial charge in [-0.15, -0.1) is 12.4 Å². The lowest BCUT2D eigenvalue weighted by Crippen LogP contribution is -2.32. The second-order valence-corrected chi connectivity index (χ2v) is 7.09. The lowest BCUT2D eigenvalue weighted by Gasteiger charge is -2.17. The van der Waals surface area contributed by atoms with Gasteiger partial charge in [-0.3, -0.25) is 4.79 Å². The highest BCUT2D eigenvalue weighted by Crippen LogP contribution is 2.20. The third kappa shape index (κ3) is 5.58. The number of hydrogen-bond donors (Lipinski definition) is 1. The molecule has 1 aromatic carbocycles. The topological polar surface area (TPSA) is 49.8 Å². The summed E-state index contributed by atoms with van der Waals surface area (Å²) in [6.07, 6.45) is 0.554. The van der Waals surface area contributed by atoms with Gasteiger partial charge in [0.05, 0.1) is 7.11 Å². The third-order valence-corrected chi connectivity index (χ3v) is 3.42. The van der Waals surface area contributed by atoms with Gasteiger partial charge in [-0.05, 0) is 17.7 Å². The van der Waals surface area contributed by atoms with Crippen molar-refractivity contribution in [2.24, 2.45) is 0 Å². The van der Waals surface area contributed by atoms with Crippen LogP contribution in [0.5, 0.6) is 5.75 Å². The predicted molar refractivity (Wildman–Crippen MR) is 84.7 cm³/mol. The first-order valence-corrected chi connectivity index (χ1v) is 6.44. The van der Waals surface area contributed by atoms with E-state index in [1.54, 1.807) is 25.6 Å². The first-order chi connectivity index (χ1) is 7.54. The van der Waals surface area contributed by atoms with Crippen molar-refractivity contribution in [1.82, 2.24) is 1.33 Å². The predicted octanol–water partition coefficient (Wildman–Crippen LogP) is 2.90. The van der Waals surface area contributed by atoms with Crippen LogP contribution in [-0.4, -0.2) is 25.6 Å². The number of carbonyl (C=O) groups is 1. The molecule has 17 heavy (non-hydrogen) atoms. The largest absolute Gasteiger partial charge is 0.508 e. The van der Waals surface area contributed by atoms with Crippen molar-refractivity contribution in [3.63, 3.8) is 0 Å². The molecule has 0 saturated heterocycles. The van der Waals surface area contributed by atoms with Crippen LogP contribution in [-0.2, 0) is 16.0 Å². The highest BCUT2D eigenvalue weighted by atomic mass is 127. The Bertz CT molecular complexity index is 359. The number of nitrogens with zero attached hydrogens (tertiary/aromatic N) is 1. The zero-order chi connectivity index (χ0) is 12.1. The first kappa shape index (κ1) is 17.2. The maximum absolute atomic E-state index is 11.5. The van der Waals surface area contributed by atoms with Crippen molar-refractivity contribution >= 4 is 64.1 Å². The minimum atomic E-state index is -0.323. The smallest absolute Gasteiger partial charge is 0.325 e. The summed E-state index contributed by atoms with van der Waals surface area (Å²) in [5.74, 6) is -0.0453. The molecule has 0 radical (unpaired) electrons. The fourth-order valence-corrected chi connectivity index (χ4v) is 2.07. The number of esters is 1. The van der Waals surface area contributed by atoms with Gasteiger partial charge >= 0.3 is 5.97 Å². The number of phenolic OH excluding ortho intramolecular Hbond substituents is 1. The number of carbonyl (C=O) groups excluding carboxylic acids is 1. The van der Waals surface area contributed by atoms with Crippen LogP contribution in [0.3, 0.4) is 0 Å². The summed E-state index contributed by atoms with van der Waals surface area (Å²) in [6.45, 7) is 0. The van der Waals surface area contributed by atoms with E-state index in [2.05, 4.69) is 0 Å². The van der Waals surface area contributed by atoms with Crippen LogP contribution < -0.4 is 0 Å². The van der Waals surface area contributed by atoms with Gasteiger partial charge in [0.1, 0.15) is 11.8 Å². The average molecular weight is 483 g/mol. The van der Waals surface area contributed by atoms with Crippen molar-refractivity contribution in [1.29, 1.82) is 0 Å². The second kappa shape index (κ2) is 8.33. The van der Waals surface area contributed by atoms with Gasteiger partial charge in [-0.25, -0.2) is 0 Å². The molecule has 1 atom stereocenters. The maximum Gasteiger partial charge on any atom is 0.325 e. The lowest BCUT2D eigenvalue weighted by atomic mass is 10.1. The Balaban J connectivity index is 0.00000256. The maximum atomic E-state index is 11.5. The standard InChI is InChI=1S/C10H11I2NO3.ClH/c1-16-10(15)9(13(11)12)6-7-2-4-8(14)5-3-7;/h2-5,9,14H,6H2,1H3;1H. The Morgan fingerprint density at radius 2 is 1.94 bits per heavy atom. The van der Waals surface area contributed by atoms with E-state index >= 15 is 0 Å². The normalized spacial score (nSPS) is 11.8. The van der Waals surface area contributed by atoms with E-state index in [4.69, 9.17) is 9.84 Å². The summed E-state index contributed by atoms with van der Waals surface area (Å²) in [5.41, 5.74) is 0.978. The Kier molecular flexibility index (Phi) is 8.43. The molecule has 0 aliphatic rings. The van der Waals surface area contributed by atoms with Gasteiger partial charge in [-0.1, -0.05) is 12.1 Å². The molecule has 4 nitrogen and oxygen atoms in total. The second-order valence-electron chi connectivity index (χ2n) is 3.17. The fraction of sp³-hybridized carbons (Fsp3) is 0.300. The molecular weight excluding hydrogens is 471 g/mol. The molecule has 0 spiro atoms. The number of methoxy groups -OCH3 is 1. The number of hydrogen-bond acceptors (Lipinski definition) is 4. The third-order valence-electron chi connectivity index (χ3n) is 2.07. The molecule has 0 amide bonds. The number of phenols is 1. The molecule has 1 rings (SSSR count). The van der Waals surface area contributed by atoms with Crippen molar-refractivity contribution < 1.29 is 14.6 Å². The highest BCUT2D eigenvalue weighted by Gasteiger charge is 2.24. The van der Waals surface area contributed by atoms with Crippen molar-refractivity contribution in [3.05, 3.63) is 29.8 Å². The Labute approximate surface area is 134 Å². The van der Waals surface area contributed by atoms with E-state index in [1.807, 2.05) is 45.7 Å². The molecule has 0 bridgehead atoms. The van der Waals surface area contributed by atoms with Crippen LogP contribution in [0, 0.1) is 0 Å². The van der Waals surface area contributed by atoms with E-state index in [1.165, 1.54) is 7.11 Å². The number of aromatic hydroxyl groups is 1. The zero-order valence-corrected chi connectivity index (χ0v) is 14.1. The Morgan fingerprint density at radius 3 is 2.35 bits per heavy atom. The van der Waals surface area contributed by atoms with Crippen molar-refractivity contribution in [2.45, 2.75) is 12.5 Å². The number of halogens is 3. The Hall–Kier alpha value is 0.200. The van der Waals surface area contributed by atoms with E-state index in [-0.39, 0.29) is 30.2 Å². The first-order valence-electron chi connectivity index (χ1n) is 4.51. The highest BCUT2D eigenvalue weighted by molar-refractivity contribution is 14.2. The Morgan fingerprint density at radius 1 is 1.41 bits per heavy atom. The van der Waals surface area contributed by atoms with E-state index in [0.29, 0.717) is 6.42 Å². The minimum Gasteiger partial charge on any atom is -0.508 e. The molecule has 0 aromatic heterocycles. The molecule has 0 heterocycles. The molecule has 1 N–H and O–H groups in total. The van der Waals surface area contributed by atoms with Crippen LogP contribution in [0.25, 0.3) is 0 Å². The molecule has 7 heteroatoms. The van der Waals surface area contributed by atoms with Gasteiger partial charge in [-0.2, -0.15) is 1.33 Å². The summed E-state index contributed by atoms with van der Waals surface area (Å²) >= 11 is 4.09. The summed E-state index contributed by atoms with van der Waals surface area (Å²) < 4.78 is 6.49. The quantitative estimate of drug-likeness (QED) is 0.407. The van der Waals surface area contributed by atoms with Gasteiger partial charge in [0.25, 0.3) is 0 Å². The minimum absolute atomic E-state index is 0. The molecule has 1 aromatic rings. The zero-order valence-electron chi connectivity index (χ0n) is 8.97.